The maximum atomic E-state index is 3.24. The van der Waals surface area contributed by atoms with Gasteiger partial charge in [0.2, 0.25) is 0 Å². The Bertz CT molecular complexity index is 723. The molecule has 0 atom stereocenters. The van der Waals surface area contributed by atoms with E-state index in [9.17, 15) is 0 Å². The van der Waals surface area contributed by atoms with Crippen molar-refractivity contribution in [2.75, 3.05) is 12.4 Å². The van der Waals surface area contributed by atoms with Gasteiger partial charge in [-0.05, 0) is 52.2 Å². The van der Waals surface area contributed by atoms with Crippen LogP contribution in [0.1, 0.15) is 5.56 Å². The fraction of sp³-hybridized carbons (Fsp3) is 0.125. The average Bonchev–Trinajstić information content (AvgIpc) is 2.37. The number of fused-ring (bicyclic) bond motifs is 2. The summed E-state index contributed by atoms with van der Waals surface area (Å²) >= 11 is 0. The van der Waals surface area contributed by atoms with E-state index in [1.165, 1.54) is 32.8 Å². The van der Waals surface area contributed by atoms with Gasteiger partial charge in [0, 0.05) is 12.7 Å². The molecule has 0 aliphatic heterocycles. The summed E-state index contributed by atoms with van der Waals surface area (Å²) in [7, 11) is 1.97. The van der Waals surface area contributed by atoms with Gasteiger partial charge in [0.05, 0.1) is 0 Å². The first kappa shape index (κ1) is 31.2. The third-order valence-corrected chi connectivity index (χ3v) is 3.42. The van der Waals surface area contributed by atoms with E-state index in [1.54, 1.807) is 0 Å². The zero-order valence-electron chi connectivity index (χ0n) is 13.0. The summed E-state index contributed by atoms with van der Waals surface area (Å²) in [4.78, 5) is 0. The first-order valence-electron chi connectivity index (χ1n) is 5.89. The Morgan fingerprint density at radius 3 is 1.74 bits per heavy atom. The Hall–Kier alpha value is 0.387. The van der Waals surface area contributed by atoms with E-state index in [0.29, 0.717) is 0 Å². The zero-order valence-corrected chi connectivity index (χ0v) is 22.0. The second-order valence-corrected chi connectivity index (χ2v) is 4.41. The molecule has 0 saturated carbocycles. The van der Waals surface area contributed by atoms with E-state index in [4.69, 9.17) is 0 Å². The SMILES string of the molecule is CNc1ccc2cc3ccccc3cc2c1C.[Cl-].[Cl-].[Cl-].[Cl-].[Zn+2].[Zn+2]. The third kappa shape index (κ3) is 6.31. The molecular weight excluding hydrogens is 479 g/mol. The van der Waals surface area contributed by atoms with Crippen LogP contribution in [0.4, 0.5) is 5.69 Å². The summed E-state index contributed by atoms with van der Waals surface area (Å²) in [5.74, 6) is 0. The van der Waals surface area contributed by atoms with E-state index in [0.717, 1.165) is 0 Å². The van der Waals surface area contributed by atoms with Gasteiger partial charge in [0.15, 0.2) is 0 Å². The first-order chi connectivity index (χ1) is 8.29. The van der Waals surface area contributed by atoms with Crippen molar-refractivity contribution in [1.82, 2.24) is 0 Å². The van der Waals surface area contributed by atoms with Crippen molar-refractivity contribution in [1.29, 1.82) is 0 Å². The molecule has 3 rings (SSSR count). The molecule has 7 heteroatoms. The second-order valence-electron chi connectivity index (χ2n) is 4.41. The minimum absolute atomic E-state index is 0. The van der Waals surface area contributed by atoms with Gasteiger partial charge in [-0.25, -0.2) is 0 Å². The number of anilines is 1. The normalized spacial score (nSPS) is 8.09. The van der Waals surface area contributed by atoms with Crippen LogP contribution in [-0.4, -0.2) is 7.05 Å². The van der Waals surface area contributed by atoms with Crippen molar-refractivity contribution >= 4 is 27.2 Å². The van der Waals surface area contributed by atoms with Crippen molar-refractivity contribution in [2.45, 2.75) is 6.92 Å². The van der Waals surface area contributed by atoms with Crippen LogP contribution >= 0.6 is 0 Å². The molecule has 1 nitrogen and oxygen atoms in total. The largest absolute Gasteiger partial charge is 2.00 e. The van der Waals surface area contributed by atoms with Crippen LogP contribution in [0.3, 0.4) is 0 Å². The van der Waals surface area contributed by atoms with E-state index < -0.39 is 0 Å². The first-order valence-corrected chi connectivity index (χ1v) is 5.89. The summed E-state index contributed by atoms with van der Waals surface area (Å²) in [5, 5.41) is 8.47. The molecule has 0 aromatic heterocycles. The van der Waals surface area contributed by atoms with Crippen LogP contribution in [0.15, 0.2) is 48.5 Å². The van der Waals surface area contributed by atoms with Gasteiger partial charge in [-0.3, -0.25) is 0 Å². The molecule has 0 saturated heterocycles. The van der Waals surface area contributed by atoms with Gasteiger partial charge in [-0.2, -0.15) is 0 Å². The van der Waals surface area contributed by atoms with Gasteiger partial charge >= 0.3 is 39.0 Å². The fourth-order valence-corrected chi connectivity index (χ4v) is 2.43. The van der Waals surface area contributed by atoms with Gasteiger partial charge in [0.25, 0.3) is 0 Å². The summed E-state index contributed by atoms with van der Waals surface area (Å²) < 4.78 is 0. The van der Waals surface area contributed by atoms with Crippen molar-refractivity contribution < 1.29 is 88.6 Å². The fourth-order valence-electron chi connectivity index (χ4n) is 2.43. The van der Waals surface area contributed by atoms with Gasteiger partial charge in [-0.1, -0.05) is 30.3 Å². The Morgan fingerprint density at radius 2 is 1.22 bits per heavy atom. The third-order valence-electron chi connectivity index (χ3n) is 3.42. The van der Waals surface area contributed by atoms with E-state index in [-0.39, 0.29) is 88.6 Å². The second kappa shape index (κ2) is 13.7. The van der Waals surface area contributed by atoms with E-state index in [1.807, 2.05) is 7.05 Å². The Kier molecular flexibility index (Phi) is 18.5. The molecule has 3 aromatic rings. The summed E-state index contributed by atoms with van der Waals surface area (Å²) in [6.07, 6.45) is 0. The number of benzene rings is 3. The predicted octanol–water partition coefficient (Wildman–Crippen LogP) is -7.65. The van der Waals surface area contributed by atoms with Gasteiger partial charge in [0.1, 0.15) is 0 Å². The van der Waals surface area contributed by atoms with E-state index >= 15 is 0 Å². The average molecular weight is 494 g/mol. The summed E-state index contributed by atoms with van der Waals surface area (Å²) in [5.41, 5.74) is 2.52. The Balaban J connectivity index is -0.000000301. The van der Waals surface area contributed by atoms with Crippen LogP contribution in [0.5, 0.6) is 0 Å². The summed E-state index contributed by atoms with van der Waals surface area (Å²) in [6, 6.07) is 17.4. The number of halogens is 4. The van der Waals surface area contributed by atoms with Crippen LogP contribution in [0, 0.1) is 6.92 Å². The number of aryl methyl sites for hydroxylation is 1. The zero-order chi connectivity index (χ0) is 11.8. The molecule has 116 valence electrons. The maximum Gasteiger partial charge on any atom is 2.00 e. The minimum Gasteiger partial charge on any atom is -1.00 e. The number of hydrogen-bond acceptors (Lipinski definition) is 1. The van der Waals surface area contributed by atoms with Crippen LogP contribution in [-0.2, 0) is 39.0 Å². The molecule has 0 radical (unpaired) electrons. The molecule has 3 aromatic carbocycles. The number of nitrogens with one attached hydrogen (secondary N) is 1. The number of rotatable bonds is 1. The van der Waals surface area contributed by atoms with Crippen molar-refractivity contribution in [3.8, 4) is 0 Å². The maximum absolute atomic E-state index is 3.24. The van der Waals surface area contributed by atoms with Crippen LogP contribution in [0.25, 0.3) is 21.5 Å². The number of hydrogen-bond donors (Lipinski definition) is 1. The van der Waals surface area contributed by atoms with E-state index in [2.05, 4.69) is 60.8 Å². The molecule has 0 bridgehead atoms. The molecule has 0 fully saturated rings. The van der Waals surface area contributed by atoms with Crippen molar-refractivity contribution in [3.63, 3.8) is 0 Å². The van der Waals surface area contributed by atoms with Crippen molar-refractivity contribution in [3.05, 3.63) is 54.1 Å². The van der Waals surface area contributed by atoms with Crippen LogP contribution < -0.4 is 54.9 Å². The molecule has 23 heavy (non-hydrogen) atoms. The molecule has 0 spiro atoms. The van der Waals surface area contributed by atoms with Crippen LogP contribution in [0.2, 0.25) is 0 Å². The molecule has 0 heterocycles. The molecule has 1 N–H and O–H groups in total. The van der Waals surface area contributed by atoms with Crippen molar-refractivity contribution in [2.24, 2.45) is 0 Å². The van der Waals surface area contributed by atoms with Gasteiger partial charge < -0.3 is 54.9 Å². The topological polar surface area (TPSA) is 12.0 Å². The molecule has 0 amide bonds. The minimum atomic E-state index is 0. The quantitative estimate of drug-likeness (QED) is 0.262. The summed E-state index contributed by atoms with van der Waals surface area (Å²) in [6.45, 7) is 2.17. The predicted molar refractivity (Wildman–Crippen MR) is 75.7 cm³/mol. The van der Waals surface area contributed by atoms with Gasteiger partial charge in [-0.15, -0.1) is 0 Å². The smallest absolute Gasteiger partial charge is 1.00 e. The Labute approximate surface area is 187 Å². The molecular formula is C16H15Cl4NZn2. The molecule has 0 aliphatic rings. The molecule has 0 unspecified atom stereocenters. The molecule has 0 aliphatic carbocycles. The Morgan fingerprint density at radius 1 is 0.696 bits per heavy atom. The monoisotopic (exact) mass is 489 g/mol. The standard InChI is InChI=1S/C16H15N.4ClH.2Zn/c1-11-15-10-13-6-4-3-5-12(13)9-14(15)7-8-16(11)17-2;;;;;;/h3-10,17H,1-2H3;4*1H;;/q;;;;;2*+2/p-4.